The Morgan fingerprint density at radius 3 is 2.62 bits per heavy atom. The normalized spacial score (nSPS) is 14.5. The van der Waals surface area contributed by atoms with E-state index in [9.17, 15) is 4.79 Å². The van der Waals surface area contributed by atoms with Crippen LogP contribution in [0.2, 0.25) is 5.15 Å². The Morgan fingerprint density at radius 1 is 1.14 bits per heavy atom. The second kappa shape index (κ2) is 4.71. The third-order valence-corrected chi connectivity index (χ3v) is 4.09. The number of pyridine rings is 2. The first-order valence-corrected chi connectivity index (χ1v) is 7.38. The van der Waals surface area contributed by atoms with Gasteiger partial charge in [-0.3, -0.25) is 4.79 Å². The minimum Gasteiger partial charge on any atom is -0.305 e. The molecule has 104 valence electrons. The second-order valence-electron chi connectivity index (χ2n) is 5.40. The van der Waals surface area contributed by atoms with Gasteiger partial charge in [0.05, 0.1) is 5.52 Å². The third kappa shape index (κ3) is 2.14. The van der Waals surface area contributed by atoms with Crippen LogP contribution in [0.4, 0.5) is 0 Å². The van der Waals surface area contributed by atoms with Crippen molar-refractivity contribution in [2.75, 3.05) is 0 Å². The lowest BCUT2D eigenvalue weighted by molar-refractivity contribution is 0.740. The van der Waals surface area contributed by atoms with E-state index in [1.54, 1.807) is 12.3 Å². The van der Waals surface area contributed by atoms with Crippen LogP contribution in [0.25, 0.3) is 22.0 Å². The Morgan fingerprint density at radius 2 is 1.90 bits per heavy atom. The smallest absolute Gasteiger partial charge is 0.259 e. The summed E-state index contributed by atoms with van der Waals surface area (Å²) < 4.78 is 1.88. The summed E-state index contributed by atoms with van der Waals surface area (Å²) in [5, 5.41) is 1.37. The fraction of sp³-hybridized carbons (Fsp3) is 0.176. The fourth-order valence-corrected chi connectivity index (χ4v) is 2.88. The highest BCUT2D eigenvalue weighted by atomic mass is 35.5. The van der Waals surface area contributed by atoms with Gasteiger partial charge in [-0.05, 0) is 30.5 Å². The number of nitrogens with zero attached hydrogens (tertiary/aromatic N) is 2. The van der Waals surface area contributed by atoms with Gasteiger partial charge in [0.15, 0.2) is 0 Å². The zero-order valence-electron chi connectivity index (χ0n) is 11.3. The van der Waals surface area contributed by atoms with Crippen LogP contribution in [0.15, 0.2) is 53.5 Å². The summed E-state index contributed by atoms with van der Waals surface area (Å²) in [6.45, 7) is 0. The first kappa shape index (κ1) is 12.6. The highest BCUT2D eigenvalue weighted by molar-refractivity contribution is 6.30. The van der Waals surface area contributed by atoms with Gasteiger partial charge in [0.2, 0.25) is 0 Å². The van der Waals surface area contributed by atoms with Crippen LogP contribution < -0.4 is 5.56 Å². The average Bonchev–Trinajstić information content (AvgIpc) is 3.32. The van der Waals surface area contributed by atoms with Crippen LogP contribution in [0.3, 0.4) is 0 Å². The average molecular weight is 297 g/mol. The first-order chi connectivity index (χ1) is 10.2. The molecule has 3 aromatic rings. The minimum absolute atomic E-state index is 0.0541. The Bertz CT molecular complexity index is 882. The molecule has 4 rings (SSSR count). The summed E-state index contributed by atoms with van der Waals surface area (Å²) in [6.07, 6.45) is 3.84. The molecule has 3 nitrogen and oxygen atoms in total. The van der Waals surface area contributed by atoms with Crippen molar-refractivity contribution in [3.05, 3.63) is 64.2 Å². The van der Waals surface area contributed by atoms with Gasteiger partial charge in [-0.15, -0.1) is 0 Å². The van der Waals surface area contributed by atoms with Crippen molar-refractivity contribution >= 4 is 22.5 Å². The Kier molecular flexibility index (Phi) is 2.82. The molecule has 0 unspecified atom stereocenters. The van der Waals surface area contributed by atoms with Gasteiger partial charge in [0.25, 0.3) is 5.56 Å². The number of hydrogen-bond donors (Lipinski definition) is 0. The molecule has 1 aromatic carbocycles. The van der Waals surface area contributed by atoms with Gasteiger partial charge in [-0.25, -0.2) is 4.98 Å². The van der Waals surface area contributed by atoms with Gasteiger partial charge >= 0.3 is 0 Å². The highest BCUT2D eigenvalue weighted by Gasteiger charge is 2.27. The molecule has 1 fully saturated rings. The predicted octanol–water partition coefficient (Wildman–Crippen LogP) is 4.05. The van der Waals surface area contributed by atoms with Crippen molar-refractivity contribution in [1.82, 2.24) is 9.55 Å². The molecule has 4 heteroatoms. The van der Waals surface area contributed by atoms with Crippen molar-refractivity contribution in [3.8, 4) is 11.1 Å². The van der Waals surface area contributed by atoms with E-state index in [0.29, 0.717) is 11.2 Å². The molecule has 0 bridgehead atoms. The molecule has 0 saturated heterocycles. The second-order valence-corrected chi connectivity index (χ2v) is 5.78. The summed E-state index contributed by atoms with van der Waals surface area (Å²) in [5.41, 5.74) is 2.59. The Labute approximate surface area is 126 Å². The Hall–Kier alpha value is -2.13. The molecule has 0 aliphatic heterocycles. The molecule has 0 N–H and O–H groups in total. The van der Waals surface area contributed by atoms with Gasteiger partial charge in [-0.2, -0.15) is 0 Å². The van der Waals surface area contributed by atoms with Gasteiger partial charge < -0.3 is 4.57 Å². The van der Waals surface area contributed by atoms with Crippen molar-refractivity contribution in [2.24, 2.45) is 0 Å². The van der Waals surface area contributed by atoms with Crippen LogP contribution >= 0.6 is 11.6 Å². The molecule has 1 aliphatic rings. The summed E-state index contributed by atoms with van der Waals surface area (Å²) in [5.74, 6) is 0. The van der Waals surface area contributed by atoms with Crippen molar-refractivity contribution in [3.63, 3.8) is 0 Å². The molecular weight excluding hydrogens is 284 g/mol. The summed E-state index contributed by atoms with van der Waals surface area (Å²) in [6, 6.07) is 13.8. The van der Waals surface area contributed by atoms with Gasteiger partial charge in [-0.1, -0.05) is 41.9 Å². The molecule has 1 saturated carbocycles. The Balaban J connectivity index is 2.08. The predicted molar refractivity (Wildman–Crippen MR) is 84.7 cm³/mol. The number of rotatable bonds is 2. The van der Waals surface area contributed by atoms with Crippen LogP contribution in [0.1, 0.15) is 18.9 Å². The minimum atomic E-state index is 0.0541. The van der Waals surface area contributed by atoms with E-state index in [4.69, 9.17) is 11.6 Å². The maximum absolute atomic E-state index is 12.9. The number of benzene rings is 1. The summed E-state index contributed by atoms with van der Waals surface area (Å²) >= 11 is 6.00. The summed E-state index contributed by atoms with van der Waals surface area (Å²) in [4.78, 5) is 17.0. The SMILES string of the molecule is O=c1c(-c2ccccc2)cc2cnc(Cl)cc2n1C1CC1. The van der Waals surface area contributed by atoms with Gasteiger partial charge in [0.1, 0.15) is 5.15 Å². The maximum atomic E-state index is 12.9. The van der Waals surface area contributed by atoms with E-state index < -0.39 is 0 Å². The lowest BCUT2D eigenvalue weighted by Crippen LogP contribution is -2.21. The monoisotopic (exact) mass is 296 g/mol. The van der Waals surface area contributed by atoms with E-state index >= 15 is 0 Å². The summed E-state index contributed by atoms with van der Waals surface area (Å²) in [7, 11) is 0. The fourth-order valence-electron chi connectivity index (χ4n) is 2.73. The van der Waals surface area contributed by atoms with E-state index in [0.717, 1.165) is 34.9 Å². The van der Waals surface area contributed by atoms with Crippen LogP contribution in [-0.2, 0) is 0 Å². The van der Waals surface area contributed by atoms with E-state index in [-0.39, 0.29) is 5.56 Å². The lowest BCUT2D eigenvalue weighted by atomic mass is 10.1. The maximum Gasteiger partial charge on any atom is 0.259 e. The van der Waals surface area contributed by atoms with Crippen molar-refractivity contribution < 1.29 is 0 Å². The zero-order valence-corrected chi connectivity index (χ0v) is 12.0. The quantitative estimate of drug-likeness (QED) is 0.669. The standard InChI is InChI=1S/C17H13ClN2O/c18-16-9-15-12(10-19-16)8-14(11-4-2-1-3-5-11)17(21)20(15)13-6-7-13/h1-5,8-10,13H,6-7H2. The zero-order chi connectivity index (χ0) is 14.4. The largest absolute Gasteiger partial charge is 0.305 e. The molecule has 21 heavy (non-hydrogen) atoms. The van der Waals surface area contributed by atoms with Crippen LogP contribution in [0, 0.1) is 0 Å². The van der Waals surface area contributed by atoms with E-state index in [2.05, 4.69) is 4.98 Å². The number of halogens is 1. The molecule has 2 aromatic heterocycles. The number of aromatic nitrogens is 2. The number of fused-ring (bicyclic) bond motifs is 1. The first-order valence-electron chi connectivity index (χ1n) is 7.00. The molecule has 0 amide bonds. The molecule has 2 heterocycles. The molecule has 0 radical (unpaired) electrons. The number of hydrogen-bond acceptors (Lipinski definition) is 2. The third-order valence-electron chi connectivity index (χ3n) is 3.88. The molecule has 1 aliphatic carbocycles. The molecule has 0 spiro atoms. The molecular formula is C17H13ClN2O. The van der Waals surface area contributed by atoms with Gasteiger partial charge in [0, 0.05) is 23.2 Å². The highest BCUT2D eigenvalue weighted by Crippen LogP contribution is 2.37. The van der Waals surface area contributed by atoms with Crippen molar-refractivity contribution in [2.45, 2.75) is 18.9 Å². The van der Waals surface area contributed by atoms with Crippen LogP contribution in [0.5, 0.6) is 0 Å². The topological polar surface area (TPSA) is 34.9 Å². The molecule has 0 atom stereocenters. The van der Waals surface area contributed by atoms with E-state index in [1.807, 2.05) is 41.0 Å². The van der Waals surface area contributed by atoms with E-state index in [1.165, 1.54) is 0 Å². The van der Waals surface area contributed by atoms with Crippen LogP contribution in [-0.4, -0.2) is 9.55 Å². The lowest BCUT2D eigenvalue weighted by Gasteiger charge is -2.12. The van der Waals surface area contributed by atoms with Crippen molar-refractivity contribution in [1.29, 1.82) is 0 Å².